The monoisotopic (exact) mass is 188 g/mol. The van der Waals surface area contributed by atoms with Gasteiger partial charge < -0.3 is 14.9 Å². The molecule has 0 heterocycles. The Morgan fingerprint density at radius 1 is 1.54 bits per heavy atom. The van der Waals surface area contributed by atoms with E-state index in [0.717, 1.165) is 0 Å². The first-order valence-corrected chi connectivity index (χ1v) is 4.16. The van der Waals surface area contributed by atoms with Gasteiger partial charge in [0, 0.05) is 0 Å². The summed E-state index contributed by atoms with van der Waals surface area (Å²) in [5.41, 5.74) is -1.16. The van der Waals surface area contributed by atoms with Crippen molar-refractivity contribution in [2.24, 2.45) is 5.41 Å². The Morgan fingerprint density at radius 2 is 2.08 bits per heavy atom. The molecule has 0 saturated carbocycles. The average Bonchev–Trinajstić information content (AvgIpc) is 2.18. The van der Waals surface area contributed by atoms with Crippen LogP contribution in [-0.2, 0) is 9.53 Å². The van der Waals surface area contributed by atoms with E-state index in [1.165, 1.54) is 6.08 Å². The number of carbonyl (C=O) groups is 1. The maximum atomic E-state index is 11.3. The maximum Gasteiger partial charge on any atom is 0.317 e. The second kappa shape index (κ2) is 5.72. The molecular formula is C9H16O4. The van der Waals surface area contributed by atoms with Crippen molar-refractivity contribution in [3.8, 4) is 0 Å². The van der Waals surface area contributed by atoms with Crippen LogP contribution in [0.5, 0.6) is 0 Å². The van der Waals surface area contributed by atoms with E-state index >= 15 is 0 Å². The minimum absolute atomic E-state index is 0.0978. The third-order valence-corrected chi connectivity index (χ3v) is 2.05. The number of hydrogen-bond acceptors (Lipinski definition) is 4. The van der Waals surface area contributed by atoms with Crippen molar-refractivity contribution in [1.29, 1.82) is 0 Å². The highest BCUT2D eigenvalue weighted by molar-refractivity contribution is 5.77. The van der Waals surface area contributed by atoms with E-state index in [9.17, 15) is 4.79 Å². The van der Waals surface area contributed by atoms with Gasteiger partial charge in [0.25, 0.3) is 0 Å². The molecule has 0 saturated heterocycles. The highest BCUT2D eigenvalue weighted by Crippen LogP contribution is 2.22. The van der Waals surface area contributed by atoms with E-state index in [1.54, 1.807) is 6.92 Å². The third-order valence-electron chi connectivity index (χ3n) is 2.05. The fourth-order valence-electron chi connectivity index (χ4n) is 0.835. The Balaban J connectivity index is 4.34. The standard InChI is InChI=1S/C9H16O4/c1-3-5-13-8(12)9(4-2,6-10)7-11/h3,10-11H,1,4-7H2,2H3. The number of aliphatic hydroxyl groups is 2. The van der Waals surface area contributed by atoms with E-state index in [0.29, 0.717) is 6.42 Å². The highest BCUT2D eigenvalue weighted by Gasteiger charge is 2.37. The molecule has 0 aromatic heterocycles. The summed E-state index contributed by atoms with van der Waals surface area (Å²) in [6.45, 7) is 4.38. The molecule has 0 fully saturated rings. The minimum Gasteiger partial charge on any atom is -0.461 e. The number of ether oxygens (including phenoxy) is 1. The fraction of sp³-hybridized carbons (Fsp3) is 0.667. The normalized spacial score (nSPS) is 11.0. The molecule has 0 aromatic rings. The Hall–Kier alpha value is -0.870. The highest BCUT2D eigenvalue weighted by atomic mass is 16.5. The third kappa shape index (κ3) is 2.82. The summed E-state index contributed by atoms with van der Waals surface area (Å²) >= 11 is 0. The van der Waals surface area contributed by atoms with Gasteiger partial charge in [-0.05, 0) is 6.42 Å². The molecule has 4 heteroatoms. The summed E-state index contributed by atoms with van der Waals surface area (Å²) in [7, 11) is 0. The summed E-state index contributed by atoms with van der Waals surface area (Å²) < 4.78 is 4.75. The van der Waals surface area contributed by atoms with Gasteiger partial charge in [0.2, 0.25) is 0 Å². The SMILES string of the molecule is C=CCOC(=O)C(CC)(CO)CO. The van der Waals surface area contributed by atoms with Crippen LogP contribution in [0.25, 0.3) is 0 Å². The smallest absolute Gasteiger partial charge is 0.317 e. The van der Waals surface area contributed by atoms with Gasteiger partial charge in [0.1, 0.15) is 12.0 Å². The van der Waals surface area contributed by atoms with Crippen LogP contribution in [0.2, 0.25) is 0 Å². The van der Waals surface area contributed by atoms with Crippen molar-refractivity contribution in [3.63, 3.8) is 0 Å². The second-order valence-electron chi connectivity index (χ2n) is 2.84. The molecule has 2 N–H and O–H groups in total. The Kier molecular flexibility index (Phi) is 5.34. The lowest BCUT2D eigenvalue weighted by molar-refractivity contribution is -0.160. The van der Waals surface area contributed by atoms with Crippen molar-refractivity contribution in [1.82, 2.24) is 0 Å². The molecule has 4 nitrogen and oxygen atoms in total. The topological polar surface area (TPSA) is 66.8 Å². The predicted molar refractivity (Wildman–Crippen MR) is 48.1 cm³/mol. The molecule has 0 aromatic carbocycles. The number of aliphatic hydroxyl groups excluding tert-OH is 2. The average molecular weight is 188 g/mol. The molecule has 0 aliphatic heterocycles. The largest absolute Gasteiger partial charge is 0.461 e. The van der Waals surface area contributed by atoms with Crippen LogP contribution < -0.4 is 0 Å². The zero-order valence-electron chi connectivity index (χ0n) is 7.82. The molecule has 0 spiro atoms. The summed E-state index contributed by atoms with van der Waals surface area (Å²) in [6.07, 6.45) is 1.78. The van der Waals surface area contributed by atoms with Crippen molar-refractivity contribution in [2.45, 2.75) is 13.3 Å². The van der Waals surface area contributed by atoms with Crippen LogP contribution in [0, 0.1) is 5.41 Å². The van der Waals surface area contributed by atoms with Gasteiger partial charge in [-0.2, -0.15) is 0 Å². The zero-order chi connectivity index (χ0) is 10.3. The number of rotatable bonds is 6. The van der Waals surface area contributed by atoms with Crippen LogP contribution >= 0.6 is 0 Å². The minimum atomic E-state index is -1.16. The van der Waals surface area contributed by atoms with Crippen LogP contribution in [0.4, 0.5) is 0 Å². The molecule has 13 heavy (non-hydrogen) atoms. The van der Waals surface area contributed by atoms with E-state index < -0.39 is 24.6 Å². The van der Waals surface area contributed by atoms with Gasteiger partial charge in [-0.25, -0.2) is 0 Å². The Morgan fingerprint density at radius 3 is 2.38 bits per heavy atom. The van der Waals surface area contributed by atoms with Gasteiger partial charge in [0.05, 0.1) is 13.2 Å². The number of hydrogen-bond donors (Lipinski definition) is 2. The van der Waals surface area contributed by atoms with Crippen LogP contribution in [0.15, 0.2) is 12.7 Å². The summed E-state index contributed by atoms with van der Waals surface area (Å²) in [5, 5.41) is 17.9. The van der Waals surface area contributed by atoms with E-state index in [4.69, 9.17) is 14.9 Å². The Bertz CT molecular complexity index is 164. The second-order valence-corrected chi connectivity index (χ2v) is 2.84. The molecule has 0 aliphatic carbocycles. The van der Waals surface area contributed by atoms with Gasteiger partial charge in [-0.1, -0.05) is 19.6 Å². The van der Waals surface area contributed by atoms with Gasteiger partial charge in [-0.3, -0.25) is 4.79 Å². The number of esters is 1. The first kappa shape index (κ1) is 12.1. The van der Waals surface area contributed by atoms with Crippen molar-refractivity contribution < 1.29 is 19.7 Å². The van der Waals surface area contributed by atoms with Gasteiger partial charge >= 0.3 is 5.97 Å². The van der Waals surface area contributed by atoms with Crippen LogP contribution in [0.3, 0.4) is 0 Å². The molecule has 0 rings (SSSR count). The molecule has 0 radical (unpaired) electrons. The summed E-state index contributed by atoms with van der Waals surface area (Å²) in [5.74, 6) is -0.583. The van der Waals surface area contributed by atoms with Crippen molar-refractivity contribution >= 4 is 5.97 Å². The lowest BCUT2D eigenvalue weighted by Gasteiger charge is -2.25. The van der Waals surface area contributed by atoms with Gasteiger partial charge in [-0.15, -0.1) is 0 Å². The molecule has 0 bridgehead atoms. The lowest BCUT2D eigenvalue weighted by Crippen LogP contribution is -2.39. The fourth-order valence-corrected chi connectivity index (χ4v) is 0.835. The first-order valence-electron chi connectivity index (χ1n) is 4.16. The van der Waals surface area contributed by atoms with E-state index in [2.05, 4.69) is 6.58 Å². The molecule has 0 atom stereocenters. The quantitative estimate of drug-likeness (QED) is 0.458. The van der Waals surface area contributed by atoms with Gasteiger partial charge in [0.15, 0.2) is 0 Å². The first-order chi connectivity index (χ1) is 6.16. The summed E-state index contributed by atoms with van der Waals surface area (Å²) in [4.78, 5) is 11.3. The predicted octanol–water partition coefficient (Wildman–Crippen LogP) is 0.0966. The maximum absolute atomic E-state index is 11.3. The Labute approximate surface area is 77.8 Å². The van der Waals surface area contributed by atoms with E-state index in [1.807, 2.05) is 0 Å². The van der Waals surface area contributed by atoms with Crippen LogP contribution in [-0.4, -0.2) is 36.0 Å². The van der Waals surface area contributed by atoms with Crippen LogP contribution in [0.1, 0.15) is 13.3 Å². The van der Waals surface area contributed by atoms with E-state index in [-0.39, 0.29) is 6.61 Å². The molecule has 0 unspecified atom stereocenters. The molecular weight excluding hydrogens is 172 g/mol. The van der Waals surface area contributed by atoms with Crippen molar-refractivity contribution in [3.05, 3.63) is 12.7 Å². The lowest BCUT2D eigenvalue weighted by atomic mass is 9.87. The molecule has 0 aliphatic rings. The molecule has 0 amide bonds. The zero-order valence-corrected chi connectivity index (χ0v) is 7.82. The molecule has 76 valence electrons. The number of carbonyl (C=O) groups excluding carboxylic acids is 1. The summed E-state index contributed by atoms with van der Waals surface area (Å²) in [6, 6.07) is 0. The van der Waals surface area contributed by atoms with Crippen molar-refractivity contribution in [2.75, 3.05) is 19.8 Å².